The maximum atomic E-state index is 11.7. The number of hydrogen-bond donors (Lipinski definition) is 1. The van der Waals surface area contributed by atoms with E-state index in [1.807, 2.05) is 6.07 Å². The van der Waals surface area contributed by atoms with Crippen molar-refractivity contribution >= 4 is 11.6 Å². The van der Waals surface area contributed by atoms with Crippen LogP contribution in [0.15, 0.2) is 0 Å². The largest absolute Gasteiger partial charge is 0.333 e. The summed E-state index contributed by atoms with van der Waals surface area (Å²) in [5, 5.41) is 16.8. The van der Waals surface area contributed by atoms with E-state index in [0.29, 0.717) is 5.71 Å². The first-order valence-electron chi connectivity index (χ1n) is 4.90. The molecule has 1 N–H and O–H groups in total. The number of nitrogens with zero attached hydrogens (tertiary/aromatic N) is 2. The van der Waals surface area contributed by atoms with Crippen LogP contribution < -0.4 is 0 Å². The van der Waals surface area contributed by atoms with Crippen LogP contribution in [0.5, 0.6) is 0 Å². The average Bonchev–Trinajstić information content (AvgIpc) is 2.72. The molecule has 1 heterocycles. The standard InChI is InChI=1S/C10H13N3O/c1-13-9(14)7(6-11)8(12)10(13)4-2-3-5-10/h7,12H,2-5H2,1H3. The molecule has 74 valence electrons. The zero-order chi connectivity index (χ0) is 10.3. The van der Waals surface area contributed by atoms with Crippen molar-refractivity contribution in [3.8, 4) is 6.07 Å². The molecule has 2 rings (SSSR count). The quantitative estimate of drug-likeness (QED) is 0.619. The van der Waals surface area contributed by atoms with Gasteiger partial charge in [0.1, 0.15) is 0 Å². The van der Waals surface area contributed by atoms with Gasteiger partial charge in [0.25, 0.3) is 0 Å². The summed E-state index contributed by atoms with van der Waals surface area (Å²) in [6.07, 6.45) is 3.81. The van der Waals surface area contributed by atoms with Crippen LogP contribution >= 0.6 is 0 Å². The van der Waals surface area contributed by atoms with Crippen molar-refractivity contribution in [1.82, 2.24) is 4.90 Å². The maximum absolute atomic E-state index is 11.7. The molecular formula is C10H13N3O. The van der Waals surface area contributed by atoms with Gasteiger partial charge in [0.2, 0.25) is 5.91 Å². The van der Waals surface area contributed by atoms with Crippen molar-refractivity contribution in [3.63, 3.8) is 0 Å². The number of amides is 1. The van der Waals surface area contributed by atoms with Gasteiger partial charge in [0.05, 0.1) is 17.3 Å². The van der Waals surface area contributed by atoms with Crippen LogP contribution in [0.4, 0.5) is 0 Å². The van der Waals surface area contributed by atoms with Crippen molar-refractivity contribution in [2.24, 2.45) is 5.92 Å². The molecule has 4 nitrogen and oxygen atoms in total. The van der Waals surface area contributed by atoms with E-state index >= 15 is 0 Å². The lowest BCUT2D eigenvalue weighted by atomic mass is 9.89. The van der Waals surface area contributed by atoms with Crippen LogP contribution in [-0.4, -0.2) is 29.1 Å². The molecule has 1 spiro atoms. The zero-order valence-corrected chi connectivity index (χ0v) is 8.21. The summed E-state index contributed by atoms with van der Waals surface area (Å²) in [7, 11) is 1.72. The predicted molar refractivity (Wildman–Crippen MR) is 50.8 cm³/mol. The first-order valence-corrected chi connectivity index (χ1v) is 4.90. The van der Waals surface area contributed by atoms with Gasteiger partial charge in [-0.05, 0) is 12.8 Å². The molecular weight excluding hydrogens is 178 g/mol. The van der Waals surface area contributed by atoms with Crippen molar-refractivity contribution < 1.29 is 4.79 Å². The second kappa shape index (κ2) is 2.81. The minimum absolute atomic E-state index is 0.195. The zero-order valence-electron chi connectivity index (χ0n) is 8.21. The van der Waals surface area contributed by atoms with Crippen LogP contribution in [0.3, 0.4) is 0 Å². The second-order valence-corrected chi connectivity index (χ2v) is 4.11. The summed E-state index contributed by atoms with van der Waals surface area (Å²) in [6, 6.07) is 1.93. The Hall–Kier alpha value is -1.37. The Morgan fingerprint density at radius 1 is 1.57 bits per heavy atom. The number of likely N-dealkylation sites (tertiary alicyclic amines) is 1. The van der Waals surface area contributed by atoms with Gasteiger partial charge >= 0.3 is 0 Å². The summed E-state index contributed by atoms with van der Waals surface area (Å²) in [5.74, 6) is -1.02. The first kappa shape index (κ1) is 9.20. The molecule has 4 heteroatoms. The Morgan fingerprint density at radius 2 is 2.14 bits per heavy atom. The number of carbonyl (C=O) groups is 1. The highest BCUT2D eigenvalue weighted by Crippen LogP contribution is 2.42. The molecule has 1 aliphatic carbocycles. The lowest BCUT2D eigenvalue weighted by Gasteiger charge is -2.31. The fourth-order valence-electron chi connectivity index (χ4n) is 2.66. The topological polar surface area (TPSA) is 68.0 Å². The number of carbonyl (C=O) groups excluding carboxylic acids is 1. The van der Waals surface area contributed by atoms with Gasteiger partial charge in [-0.3, -0.25) is 4.79 Å². The highest BCUT2D eigenvalue weighted by molar-refractivity contribution is 6.16. The van der Waals surface area contributed by atoms with E-state index in [0.717, 1.165) is 25.7 Å². The molecule has 0 radical (unpaired) electrons. The van der Waals surface area contributed by atoms with Gasteiger partial charge in [0, 0.05) is 7.05 Å². The van der Waals surface area contributed by atoms with Crippen LogP contribution in [-0.2, 0) is 4.79 Å². The molecule has 1 saturated heterocycles. The summed E-state index contributed by atoms with van der Waals surface area (Å²) in [6.45, 7) is 0. The fraction of sp³-hybridized carbons (Fsp3) is 0.700. The van der Waals surface area contributed by atoms with Gasteiger partial charge in [0.15, 0.2) is 5.92 Å². The van der Waals surface area contributed by atoms with Gasteiger partial charge in [-0.2, -0.15) is 5.26 Å². The molecule has 14 heavy (non-hydrogen) atoms. The summed E-state index contributed by atoms with van der Waals surface area (Å²) < 4.78 is 0. The number of nitrogens with one attached hydrogen (secondary N) is 1. The number of nitriles is 1. The van der Waals surface area contributed by atoms with E-state index in [4.69, 9.17) is 10.7 Å². The van der Waals surface area contributed by atoms with Crippen LogP contribution in [0.1, 0.15) is 25.7 Å². The van der Waals surface area contributed by atoms with E-state index < -0.39 is 11.5 Å². The predicted octanol–water partition coefficient (Wildman–Crippen LogP) is 0.931. The van der Waals surface area contributed by atoms with Crippen LogP contribution in [0, 0.1) is 22.7 Å². The lowest BCUT2D eigenvalue weighted by molar-refractivity contribution is -0.131. The normalized spacial score (nSPS) is 30.0. The van der Waals surface area contributed by atoms with Gasteiger partial charge < -0.3 is 10.3 Å². The van der Waals surface area contributed by atoms with Crippen LogP contribution in [0.2, 0.25) is 0 Å². The highest BCUT2D eigenvalue weighted by atomic mass is 16.2. The lowest BCUT2D eigenvalue weighted by Crippen LogP contribution is -2.44. The Bertz CT molecular complexity index is 336. The minimum atomic E-state index is -0.821. The Balaban J connectivity index is 2.41. The van der Waals surface area contributed by atoms with E-state index in [2.05, 4.69) is 0 Å². The first-order chi connectivity index (χ1) is 6.63. The Labute approximate surface area is 83.0 Å². The third kappa shape index (κ3) is 0.872. The van der Waals surface area contributed by atoms with E-state index in [-0.39, 0.29) is 5.91 Å². The third-order valence-electron chi connectivity index (χ3n) is 3.57. The van der Waals surface area contributed by atoms with Crippen molar-refractivity contribution in [1.29, 1.82) is 10.7 Å². The second-order valence-electron chi connectivity index (χ2n) is 4.11. The molecule has 2 fully saturated rings. The highest BCUT2D eigenvalue weighted by Gasteiger charge is 2.54. The van der Waals surface area contributed by atoms with Crippen molar-refractivity contribution in [2.45, 2.75) is 31.2 Å². The average molecular weight is 191 g/mol. The molecule has 2 aliphatic rings. The van der Waals surface area contributed by atoms with E-state index in [1.54, 1.807) is 11.9 Å². The Kier molecular flexibility index (Phi) is 1.84. The van der Waals surface area contributed by atoms with Crippen molar-refractivity contribution in [3.05, 3.63) is 0 Å². The van der Waals surface area contributed by atoms with E-state index in [1.165, 1.54) is 0 Å². The molecule has 0 bridgehead atoms. The summed E-state index contributed by atoms with van der Waals surface area (Å²) in [5.41, 5.74) is -0.0812. The van der Waals surface area contributed by atoms with Gasteiger partial charge in [-0.25, -0.2) is 0 Å². The van der Waals surface area contributed by atoms with Gasteiger partial charge in [-0.15, -0.1) is 0 Å². The molecule has 0 aromatic heterocycles. The number of hydrogen-bond acceptors (Lipinski definition) is 3. The van der Waals surface area contributed by atoms with Gasteiger partial charge in [-0.1, -0.05) is 12.8 Å². The molecule has 0 aromatic carbocycles. The molecule has 1 aliphatic heterocycles. The minimum Gasteiger partial charge on any atom is -0.333 e. The number of rotatable bonds is 0. The molecule has 0 aromatic rings. The smallest absolute Gasteiger partial charge is 0.246 e. The molecule has 1 saturated carbocycles. The summed E-state index contributed by atoms with van der Waals surface area (Å²) in [4.78, 5) is 13.3. The third-order valence-corrected chi connectivity index (χ3v) is 3.57. The fourth-order valence-corrected chi connectivity index (χ4v) is 2.66. The maximum Gasteiger partial charge on any atom is 0.246 e. The summed E-state index contributed by atoms with van der Waals surface area (Å²) >= 11 is 0. The van der Waals surface area contributed by atoms with Crippen molar-refractivity contribution in [2.75, 3.05) is 7.05 Å². The molecule has 1 atom stereocenters. The SMILES string of the molecule is CN1C(=O)C(C#N)C(=N)C12CCCC2. The molecule has 1 unspecified atom stereocenters. The molecule has 1 amide bonds. The monoisotopic (exact) mass is 191 g/mol. The Morgan fingerprint density at radius 3 is 2.57 bits per heavy atom. The van der Waals surface area contributed by atoms with Crippen LogP contribution in [0.25, 0.3) is 0 Å². The van der Waals surface area contributed by atoms with E-state index in [9.17, 15) is 4.79 Å².